The van der Waals surface area contributed by atoms with E-state index < -0.39 is 0 Å². The number of nitrogens with one attached hydrogen (secondary N) is 1. The molecule has 0 heterocycles. The van der Waals surface area contributed by atoms with Crippen LogP contribution in [0.1, 0.15) is 34.1 Å². The fraction of sp³-hybridized carbons (Fsp3) is 0.778. The zero-order chi connectivity index (χ0) is 7.98. The van der Waals surface area contributed by atoms with Crippen molar-refractivity contribution in [1.82, 2.24) is 5.32 Å². The van der Waals surface area contributed by atoms with Crippen LogP contribution in [0, 0.1) is 0 Å². The maximum Gasteiger partial charge on any atom is 0.00105 e. The average molecular weight is 141 g/mol. The number of hydrogen-bond donors (Lipinski definition) is 1. The average Bonchev–Trinajstić information content (AvgIpc) is 1.79. The third-order valence-electron chi connectivity index (χ3n) is 1.25. The summed E-state index contributed by atoms with van der Waals surface area (Å²) in [5.74, 6) is 0. The smallest absolute Gasteiger partial charge is 0.00105 e. The summed E-state index contributed by atoms with van der Waals surface area (Å²) in [4.78, 5) is 0. The Bertz CT molecular complexity index is 99.3. The van der Waals surface area contributed by atoms with Crippen LogP contribution in [0.25, 0.3) is 0 Å². The summed E-state index contributed by atoms with van der Waals surface area (Å²) in [5.41, 5.74) is 1.41. The van der Waals surface area contributed by atoms with E-state index in [-0.39, 0.29) is 0 Å². The van der Waals surface area contributed by atoms with Crippen LogP contribution in [0.3, 0.4) is 0 Å². The van der Waals surface area contributed by atoms with Gasteiger partial charge in [-0.25, -0.2) is 0 Å². The second-order valence-electron chi connectivity index (χ2n) is 3.18. The van der Waals surface area contributed by atoms with Gasteiger partial charge in [0.25, 0.3) is 0 Å². The highest BCUT2D eigenvalue weighted by atomic mass is 14.9. The Balaban J connectivity index is 3.13. The summed E-state index contributed by atoms with van der Waals surface area (Å²) >= 11 is 0. The van der Waals surface area contributed by atoms with E-state index in [2.05, 4.69) is 39.1 Å². The first kappa shape index (κ1) is 9.70. The van der Waals surface area contributed by atoms with Gasteiger partial charge in [0.1, 0.15) is 0 Å². The van der Waals surface area contributed by atoms with E-state index >= 15 is 0 Å². The maximum atomic E-state index is 3.36. The standard InChI is InChI=1S/C9H19N/c1-8(2)6-5-7-10-9(3)4/h6,9-10H,5,7H2,1-4H3. The van der Waals surface area contributed by atoms with Crippen LogP contribution in [0.4, 0.5) is 0 Å². The lowest BCUT2D eigenvalue weighted by Gasteiger charge is -2.04. The minimum atomic E-state index is 0.616. The molecule has 0 aromatic rings. The molecule has 1 N–H and O–H groups in total. The van der Waals surface area contributed by atoms with Crippen molar-refractivity contribution in [2.24, 2.45) is 0 Å². The van der Waals surface area contributed by atoms with Crippen molar-refractivity contribution in [3.05, 3.63) is 11.6 Å². The molecule has 0 saturated carbocycles. The highest BCUT2D eigenvalue weighted by molar-refractivity contribution is 4.92. The van der Waals surface area contributed by atoms with Crippen LogP contribution in [-0.2, 0) is 0 Å². The van der Waals surface area contributed by atoms with Crippen molar-refractivity contribution < 1.29 is 0 Å². The van der Waals surface area contributed by atoms with Gasteiger partial charge in [-0.3, -0.25) is 0 Å². The second-order valence-corrected chi connectivity index (χ2v) is 3.18. The van der Waals surface area contributed by atoms with Gasteiger partial charge in [0, 0.05) is 6.04 Å². The summed E-state index contributed by atoms with van der Waals surface area (Å²) in [7, 11) is 0. The van der Waals surface area contributed by atoms with Gasteiger partial charge < -0.3 is 5.32 Å². The Kier molecular flexibility index (Phi) is 5.32. The van der Waals surface area contributed by atoms with Crippen LogP contribution in [0.2, 0.25) is 0 Å². The summed E-state index contributed by atoms with van der Waals surface area (Å²) in [6.07, 6.45) is 3.41. The topological polar surface area (TPSA) is 12.0 Å². The zero-order valence-electron chi connectivity index (χ0n) is 7.57. The first-order valence-electron chi connectivity index (χ1n) is 3.99. The van der Waals surface area contributed by atoms with Gasteiger partial charge in [-0.2, -0.15) is 0 Å². The lowest BCUT2D eigenvalue weighted by molar-refractivity contribution is 0.594. The maximum absolute atomic E-state index is 3.36. The van der Waals surface area contributed by atoms with Gasteiger partial charge in [-0.15, -0.1) is 0 Å². The Labute approximate surface area is 64.5 Å². The molecule has 1 heteroatoms. The molecule has 0 atom stereocenters. The third kappa shape index (κ3) is 7.70. The molecule has 0 rings (SSSR count). The van der Waals surface area contributed by atoms with Crippen molar-refractivity contribution in [3.63, 3.8) is 0 Å². The fourth-order valence-corrected chi connectivity index (χ4v) is 0.733. The van der Waals surface area contributed by atoms with Crippen molar-refractivity contribution in [2.75, 3.05) is 6.54 Å². The van der Waals surface area contributed by atoms with E-state index in [4.69, 9.17) is 0 Å². The van der Waals surface area contributed by atoms with Gasteiger partial charge in [-0.1, -0.05) is 25.5 Å². The molecule has 0 aliphatic heterocycles. The van der Waals surface area contributed by atoms with Gasteiger partial charge in [0.2, 0.25) is 0 Å². The lowest BCUT2D eigenvalue weighted by Crippen LogP contribution is -2.23. The van der Waals surface area contributed by atoms with E-state index in [1.807, 2.05) is 0 Å². The summed E-state index contributed by atoms with van der Waals surface area (Å²) in [6, 6.07) is 0.616. The molecule has 0 aliphatic carbocycles. The molecule has 60 valence electrons. The molecule has 0 amide bonds. The Hall–Kier alpha value is -0.300. The largest absolute Gasteiger partial charge is 0.314 e. The number of rotatable bonds is 4. The minimum Gasteiger partial charge on any atom is -0.314 e. The molecule has 0 aliphatic rings. The summed E-state index contributed by atoms with van der Waals surface area (Å²) < 4.78 is 0. The Morgan fingerprint density at radius 2 is 2.00 bits per heavy atom. The fourth-order valence-electron chi connectivity index (χ4n) is 0.733. The van der Waals surface area contributed by atoms with E-state index in [1.165, 1.54) is 5.57 Å². The van der Waals surface area contributed by atoms with Crippen LogP contribution in [-0.4, -0.2) is 12.6 Å². The van der Waals surface area contributed by atoms with E-state index in [1.54, 1.807) is 0 Å². The summed E-state index contributed by atoms with van der Waals surface area (Å²) in [6.45, 7) is 9.71. The van der Waals surface area contributed by atoms with E-state index in [9.17, 15) is 0 Å². The van der Waals surface area contributed by atoms with Crippen molar-refractivity contribution in [1.29, 1.82) is 0 Å². The number of hydrogen-bond acceptors (Lipinski definition) is 1. The van der Waals surface area contributed by atoms with Crippen molar-refractivity contribution in [2.45, 2.75) is 40.2 Å². The van der Waals surface area contributed by atoms with E-state index in [0.29, 0.717) is 6.04 Å². The molecular weight excluding hydrogens is 122 g/mol. The van der Waals surface area contributed by atoms with Gasteiger partial charge in [0.15, 0.2) is 0 Å². The van der Waals surface area contributed by atoms with Gasteiger partial charge in [-0.05, 0) is 26.8 Å². The molecule has 10 heavy (non-hydrogen) atoms. The number of allylic oxidation sites excluding steroid dienone is 1. The predicted octanol–water partition coefficient (Wildman–Crippen LogP) is 2.34. The highest BCUT2D eigenvalue weighted by Gasteiger charge is 1.88. The monoisotopic (exact) mass is 141 g/mol. The Morgan fingerprint density at radius 1 is 1.40 bits per heavy atom. The molecule has 1 nitrogen and oxygen atoms in total. The molecule has 0 spiro atoms. The highest BCUT2D eigenvalue weighted by Crippen LogP contribution is 1.91. The van der Waals surface area contributed by atoms with Crippen LogP contribution < -0.4 is 5.32 Å². The molecule has 0 aromatic carbocycles. The van der Waals surface area contributed by atoms with Gasteiger partial charge in [0.05, 0.1) is 0 Å². The van der Waals surface area contributed by atoms with Gasteiger partial charge >= 0.3 is 0 Å². The molecule has 0 saturated heterocycles. The first-order valence-corrected chi connectivity index (χ1v) is 3.99. The Morgan fingerprint density at radius 3 is 2.40 bits per heavy atom. The molecule has 0 aromatic heterocycles. The van der Waals surface area contributed by atoms with Crippen LogP contribution >= 0.6 is 0 Å². The zero-order valence-corrected chi connectivity index (χ0v) is 7.57. The second kappa shape index (κ2) is 5.48. The molecule has 0 radical (unpaired) electrons. The van der Waals surface area contributed by atoms with E-state index in [0.717, 1.165) is 13.0 Å². The SMILES string of the molecule is CC(C)=CCCNC(C)C. The van der Waals surface area contributed by atoms with Crippen LogP contribution in [0.5, 0.6) is 0 Å². The lowest BCUT2D eigenvalue weighted by atomic mass is 10.2. The quantitative estimate of drug-likeness (QED) is 0.468. The first-order chi connectivity index (χ1) is 4.63. The summed E-state index contributed by atoms with van der Waals surface area (Å²) in [5, 5.41) is 3.36. The van der Waals surface area contributed by atoms with Crippen LogP contribution in [0.15, 0.2) is 11.6 Å². The molecule has 0 bridgehead atoms. The van der Waals surface area contributed by atoms with Crippen molar-refractivity contribution >= 4 is 0 Å². The molecular formula is C9H19N. The third-order valence-corrected chi connectivity index (χ3v) is 1.25. The molecule has 0 fully saturated rings. The predicted molar refractivity (Wildman–Crippen MR) is 47.2 cm³/mol. The molecule has 0 unspecified atom stereocenters. The minimum absolute atomic E-state index is 0.616. The van der Waals surface area contributed by atoms with Crippen molar-refractivity contribution in [3.8, 4) is 0 Å². The normalized spacial score (nSPS) is 10.1.